The van der Waals surface area contributed by atoms with Gasteiger partial charge in [0.1, 0.15) is 5.82 Å². The second kappa shape index (κ2) is 7.95. The fourth-order valence-electron chi connectivity index (χ4n) is 2.41. The third kappa shape index (κ3) is 5.69. The molecule has 0 bridgehead atoms. The molecule has 1 aromatic rings. The fraction of sp³-hybridized carbons (Fsp3) is 0.600. The first-order chi connectivity index (χ1) is 10.1. The number of aliphatic hydroxyl groups is 1. The smallest absolute Gasteiger partial charge is 0.320 e. The molecular weight excluding hydrogens is 268 g/mol. The van der Waals surface area contributed by atoms with E-state index in [9.17, 15) is 9.90 Å². The summed E-state index contributed by atoms with van der Waals surface area (Å²) in [5, 5.41) is 15.3. The summed E-state index contributed by atoms with van der Waals surface area (Å²) in [6.45, 7) is 5.16. The van der Waals surface area contributed by atoms with E-state index in [2.05, 4.69) is 27.4 Å². The van der Waals surface area contributed by atoms with E-state index in [1.165, 1.54) is 12.8 Å². The number of aliphatic hydroxyl groups excluding tert-OH is 1. The van der Waals surface area contributed by atoms with Crippen LogP contribution in [0.4, 0.5) is 10.6 Å². The molecule has 1 aliphatic rings. The second-order valence-corrected chi connectivity index (χ2v) is 5.69. The minimum Gasteiger partial charge on any atom is -0.390 e. The number of pyridine rings is 1. The maximum atomic E-state index is 11.7. The Morgan fingerprint density at radius 3 is 2.90 bits per heavy atom. The lowest BCUT2D eigenvalue weighted by molar-refractivity contribution is 0.0924. The first kappa shape index (κ1) is 15.7. The van der Waals surface area contributed by atoms with Gasteiger partial charge in [0.25, 0.3) is 0 Å². The van der Waals surface area contributed by atoms with E-state index in [0.29, 0.717) is 12.4 Å². The van der Waals surface area contributed by atoms with Gasteiger partial charge in [0.05, 0.1) is 6.10 Å². The van der Waals surface area contributed by atoms with E-state index in [-0.39, 0.29) is 12.6 Å². The largest absolute Gasteiger partial charge is 0.390 e. The van der Waals surface area contributed by atoms with Gasteiger partial charge >= 0.3 is 6.03 Å². The normalized spacial score (nSPS) is 18.2. The van der Waals surface area contributed by atoms with Crippen molar-refractivity contribution in [3.05, 3.63) is 24.4 Å². The predicted molar refractivity (Wildman–Crippen MR) is 82.1 cm³/mol. The lowest BCUT2D eigenvalue weighted by Crippen LogP contribution is -2.43. The highest BCUT2D eigenvalue weighted by molar-refractivity contribution is 5.88. The molecule has 3 N–H and O–H groups in total. The molecule has 1 aliphatic heterocycles. The van der Waals surface area contributed by atoms with Crippen LogP contribution in [-0.4, -0.2) is 53.3 Å². The maximum Gasteiger partial charge on any atom is 0.320 e. The zero-order chi connectivity index (χ0) is 15.1. The maximum absolute atomic E-state index is 11.7. The van der Waals surface area contributed by atoms with Crippen LogP contribution in [0.5, 0.6) is 0 Å². The van der Waals surface area contributed by atoms with Crippen molar-refractivity contribution < 1.29 is 9.90 Å². The summed E-state index contributed by atoms with van der Waals surface area (Å²) in [7, 11) is 0. The standard InChI is InChI=1S/C15H24N4O2/c1-12-5-8-19(9-6-12)11-13(20)10-17-15(21)18-14-4-2-3-7-16-14/h2-4,7,12-13,20H,5-6,8-11H2,1H3,(H2,16,17,18,21). The van der Waals surface area contributed by atoms with Gasteiger partial charge < -0.3 is 15.3 Å². The number of rotatable bonds is 5. The number of carbonyl (C=O) groups excluding carboxylic acids is 1. The van der Waals surface area contributed by atoms with E-state index >= 15 is 0 Å². The van der Waals surface area contributed by atoms with Crippen molar-refractivity contribution in [2.75, 3.05) is 31.5 Å². The van der Waals surface area contributed by atoms with Crippen molar-refractivity contribution in [2.24, 2.45) is 5.92 Å². The molecule has 0 aromatic carbocycles. The molecule has 0 saturated carbocycles. The molecule has 6 heteroatoms. The lowest BCUT2D eigenvalue weighted by Gasteiger charge is -2.31. The van der Waals surface area contributed by atoms with Gasteiger partial charge in [-0.3, -0.25) is 5.32 Å². The number of anilines is 1. The first-order valence-corrected chi connectivity index (χ1v) is 7.50. The number of hydrogen-bond acceptors (Lipinski definition) is 4. The molecular formula is C15H24N4O2. The van der Waals surface area contributed by atoms with Gasteiger partial charge in [-0.25, -0.2) is 9.78 Å². The second-order valence-electron chi connectivity index (χ2n) is 5.69. The average Bonchev–Trinajstić information content (AvgIpc) is 2.49. The number of amides is 2. The number of nitrogens with zero attached hydrogens (tertiary/aromatic N) is 2. The molecule has 6 nitrogen and oxygen atoms in total. The number of β-amino-alcohol motifs (C(OH)–C–C–N with tert-alkyl or cyclic N) is 1. The van der Waals surface area contributed by atoms with Gasteiger partial charge in [0, 0.05) is 19.3 Å². The number of aromatic nitrogens is 1. The van der Waals surface area contributed by atoms with Crippen LogP contribution in [0.1, 0.15) is 19.8 Å². The molecule has 0 aliphatic carbocycles. The summed E-state index contributed by atoms with van der Waals surface area (Å²) in [5.74, 6) is 1.27. The van der Waals surface area contributed by atoms with Crippen molar-refractivity contribution >= 4 is 11.8 Å². The summed E-state index contributed by atoms with van der Waals surface area (Å²) < 4.78 is 0. The van der Waals surface area contributed by atoms with Crippen LogP contribution in [0, 0.1) is 5.92 Å². The highest BCUT2D eigenvalue weighted by Crippen LogP contribution is 2.15. The van der Waals surface area contributed by atoms with Crippen LogP contribution >= 0.6 is 0 Å². The highest BCUT2D eigenvalue weighted by atomic mass is 16.3. The molecule has 0 spiro atoms. The number of nitrogens with one attached hydrogen (secondary N) is 2. The zero-order valence-corrected chi connectivity index (χ0v) is 12.5. The van der Waals surface area contributed by atoms with E-state index in [1.54, 1.807) is 24.4 Å². The summed E-state index contributed by atoms with van der Waals surface area (Å²) >= 11 is 0. The highest BCUT2D eigenvalue weighted by Gasteiger charge is 2.18. The number of likely N-dealkylation sites (tertiary alicyclic amines) is 1. The molecule has 1 unspecified atom stereocenters. The van der Waals surface area contributed by atoms with Gasteiger partial charge in [-0.15, -0.1) is 0 Å². The van der Waals surface area contributed by atoms with Crippen molar-refractivity contribution in [3.63, 3.8) is 0 Å². The van der Waals surface area contributed by atoms with E-state index < -0.39 is 6.10 Å². The molecule has 21 heavy (non-hydrogen) atoms. The molecule has 1 fully saturated rings. The number of carbonyl (C=O) groups is 1. The predicted octanol–water partition coefficient (Wildman–Crippen LogP) is 1.30. The van der Waals surface area contributed by atoms with E-state index in [0.717, 1.165) is 19.0 Å². The quantitative estimate of drug-likeness (QED) is 0.764. The van der Waals surface area contributed by atoms with Crippen LogP contribution in [0.25, 0.3) is 0 Å². The number of piperidine rings is 1. The van der Waals surface area contributed by atoms with Gasteiger partial charge in [-0.05, 0) is 44.0 Å². The Labute approximate surface area is 125 Å². The Balaban J connectivity index is 1.64. The van der Waals surface area contributed by atoms with Crippen LogP contribution in [-0.2, 0) is 0 Å². The topological polar surface area (TPSA) is 77.5 Å². The van der Waals surface area contributed by atoms with Crippen LogP contribution in [0.15, 0.2) is 24.4 Å². The molecule has 1 aromatic heterocycles. The Morgan fingerprint density at radius 1 is 1.48 bits per heavy atom. The summed E-state index contributed by atoms with van der Waals surface area (Å²) in [6.07, 6.45) is 3.43. The van der Waals surface area contributed by atoms with Crippen molar-refractivity contribution in [2.45, 2.75) is 25.9 Å². The van der Waals surface area contributed by atoms with E-state index in [4.69, 9.17) is 0 Å². The molecule has 0 radical (unpaired) electrons. The molecule has 2 amide bonds. The molecule has 2 rings (SSSR count). The fourth-order valence-corrected chi connectivity index (χ4v) is 2.41. The monoisotopic (exact) mass is 292 g/mol. The SMILES string of the molecule is CC1CCN(CC(O)CNC(=O)Nc2ccccn2)CC1. The number of urea groups is 1. The van der Waals surface area contributed by atoms with Crippen LogP contribution < -0.4 is 10.6 Å². The van der Waals surface area contributed by atoms with Crippen molar-refractivity contribution in [3.8, 4) is 0 Å². The summed E-state index contributed by atoms with van der Waals surface area (Å²) in [5.41, 5.74) is 0. The Morgan fingerprint density at radius 2 is 2.24 bits per heavy atom. The molecule has 2 heterocycles. The summed E-state index contributed by atoms with van der Waals surface area (Å²) in [6, 6.07) is 4.95. The van der Waals surface area contributed by atoms with Crippen molar-refractivity contribution in [1.29, 1.82) is 0 Å². The summed E-state index contributed by atoms with van der Waals surface area (Å²) in [4.78, 5) is 17.9. The van der Waals surface area contributed by atoms with Crippen molar-refractivity contribution in [1.82, 2.24) is 15.2 Å². The van der Waals surface area contributed by atoms with Gasteiger partial charge in [-0.1, -0.05) is 13.0 Å². The Kier molecular flexibility index (Phi) is 5.95. The minimum atomic E-state index is -0.548. The van der Waals surface area contributed by atoms with E-state index in [1.807, 2.05) is 0 Å². The first-order valence-electron chi connectivity index (χ1n) is 7.50. The Hall–Kier alpha value is -1.66. The Bertz CT molecular complexity index is 433. The number of hydrogen-bond donors (Lipinski definition) is 3. The van der Waals surface area contributed by atoms with Crippen LogP contribution in [0.3, 0.4) is 0 Å². The minimum absolute atomic E-state index is 0.241. The zero-order valence-electron chi connectivity index (χ0n) is 12.5. The van der Waals surface area contributed by atoms with Crippen LogP contribution in [0.2, 0.25) is 0 Å². The third-order valence-corrected chi connectivity index (χ3v) is 3.75. The average molecular weight is 292 g/mol. The third-order valence-electron chi connectivity index (χ3n) is 3.75. The van der Waals surface area contributed by atoms with Gasteiger partial charge in [-0.2, -0.15) is 0 Å². The van der Waals surface area contributed by atoms with Gasteiger partial charge in [0.15, 0.2) is 0 Å². The molecule has 1 atom stereocenters. The molecule has 116 valence electrons. The lowest BCUT2D eigenvalue weighted by atomic mass is 9.99. The molecule has 1 saturated heterocycles. The van der Waals surface area contributed by atoms with Gasteiger partial charge in [0.2, 0.25) is 0 Å².